The summed E-state index contributed by atoms with van der Waals surface area (Å²) in [6.07, 6.45) is 3.02. The highest BCUT2D eigenvalue weighted by molar-refractivity contribution is 5.82. The number of nitrogens with zero attached hydrogens (tertiary/aromatic N) is 3. The topological polar surface area (TPSA) is 71.2 Å². The lowest BCUT2D eigenvalue weighted by molar-refractivity contribution is 0.275. The van der Waals surface area contributed by atoms with Gasteiger partial charge in [0.1, 0.15) is 5.75 Å². The molecule has 0 aromatic carbocycles. The van der Waals surface area contributed by atoms with Crippen LogP contribution in [0.1, 0.15) is 12.5 Å². The van der Waals surface area contributed by atoms with Crippen molar-refractivity contribution < 1.29 is 10.2 Å². The van der Waals surface area contributed by atoms with Gasteiger partial charge in [-0.15, -0.1) is 0 Å². The third-order valence-corrected chi connectivity index (χ3v) is 2.18. The van der Waals surface area contributed by atoms with Gasteiger partial charge in [-0.3, -0.25) is 0 Å². The van der Waals surface area contributed by atoms with E-state index in [9.17, 15) is 5.11 Å². The van der Waals surface area contributed by atoms with Crippen LogP contribution in [0.5, 0.6) is 5.75 Å². The lowest BCUT2D eigenvalue weighted by Gasteiger charge is -2.02. The minimum Gasteiger partial charge on any atom is -0.507 e. The van der Waals surface area contributed by atoms with E-state index in [4.69, 9.17) is 5.11 Å². The number of aromatic nitrogens is 3. The van der Waals surface area contributed by atoms with Crippen LogP contribution in [0.2, 0.25) is 0 Å². The Kier molecular flexibility index (Phi) is 2.09. The molecule has 0 saturated carbocycles. The Hall–Kier alpha value is -1.62. The summed E-state index contributed by atoms with van der Waals surface area (Å²) in [6, 6.07) is 0. The highest BCUT2D eigenvalue weighted by Crippen LogP contribution is 2.26. The van der Waals surface area contributed by atoms with Crippen LogP contribution in [0, 0.1) is 0 Å². The molecule has 0 atom stereocenters. The second kappa shape index (κ2) is 3.26. The Labute approximate surface area is 80.6 Å². The van der Waals surface area contributed by atoms with Crippen molar-refractivity contribution in [1.82, 2.24) is 14.8 Å². The van der Waals surface area contributed by atoms with Gasteiger partial charge in [0, 0.05) is 18.3 Å². The summed E-state index contributed by atoms with van der Waals surface area (Å²) in [6.45, 7) is 2.44. The summed E-state index contributed by atoms with van der Waals surface area (Å²) < 4.78 is 1.69. The maximum absolute atomic E-state index is 9.71. The van der Waals surface area contributed by atoms with E-state index < -0.39 is 0 Å². The maximum atomic E-state index is 9.71. The SMILES string of the molecule is CCn1ncc2c(O)c(CO)cnc21. The fraction of sp³-hybridized carbons (Fsp3) is 0.333. The molecule has 0 unspecified atom stereocenters. The van der Waals surface area contributed by atoms with Gasteiger partial charge in [0.15, 0.2) is 5.65 Å². The van der Waals surface area contributed by atoms with Crippen LogP contribution in [0.15, 0.2) is 12.4 Å². The van der Waals surface area contributed by atoms with E-state index in [1.165, 1.54) is 6.20 Å². The van der Waals surface area contributed by atoms with Gasteiger partial charge in [0.05, 0.1) is 18.2 Å². The maximum Gasteiger partial charge on any atom is 0.161 e. The van der Waals surface area contributed by atoms with Crippen LogP contribution >= 0.6 is 0 Å². The van der Waals surface area contributed by atoms with Gasteiger partial charge in [-0.05, 0) is 6.92 Å². The third-order valence-electron chi connectivity index (χ3n) is 2.18. The molecule has 0 bridgehead atoms. The molecule has 74 valence electrons. The molecule has 0 aliphatic rings. The zero-order chi connectivity index (χ0) is 10.1. The number of aryl methyl sites for hydroxylation is 1. The van der Waals surface area contributed by atoms with Crippen molar-refractivity contribution in [3.8, 4) is 5.75 Å². The zero-order valence-electron chi connectivity index (χ0n) is 7.80. The summed E-state index contributed by atoms with van der Waals surface area (Å²) in [4.78, 5) is 4.12. The average Bonchev–Trinajstić information content (AvgIpc) is 2.62. The van der Waals surface area contributed by atoms with E-state index in [2.05, 4.69) is 10.1 Å². The summed E-state index contributed by atoms with van der Waals surface area (Å²) in [5.41, 5.74) is 1.07. The van der Waals surface area contributed by atoms with Crippen molar-refractivity contribution in [2.75, 3.05) is 0 Å². The highest BCUT2D eigenvalue weighted by Gasteiger charge is 2.10. The van der Waals surface area contributed by atoms with Crippen LogP contribution in [-0.2, 0) is 13.2 Å². The molecule has 0 aliphatic heterocycles. The normalized spacial score (nSPS) is 11.0. The molecule has 2 rings (SSSR count). The first kappa shape index (κ1) is 8.96. The summed E-state index contributed by atoms with van der Waals surface area (Å²) in [7, 11) is 0. The first-order chi connectivity index (χ1) is 6.77. The Morgan fingerprint density at radius 2 is 2.21 bits per heavy atom. The van der Waals surface area contributed by atoms with Crippen molar-refractivity contribution in [3.05, 3.63) is 18.0 Å². The van der Waals surface area contributed by atoms with Crippen molar-refractivity contribution in [2.45, 2.75) is 20.1 Å². The molecule has 14 heavy (non-hydrogen) atoms. The molecule has 2 N–H and O–H groups in total. The van der Waals surface area contributed by atoms with Gasteiger partial charge in [0.25, 0.3) is 0 Å². The Morgan fingerprint density at radius 3 is 2.86 bits per heavy atom. The smallest absolute Gasteiger partial charge is 0.161 e. The number of rotatable bonds is 2. The van der Waals surface area contributed by atoms with Gasteiger partial charge in [-0.25, -0.2) is 9.67 Å². The molecule has 0 fully saturated rings. The molecule has 0 amide bonds. The van der Waals surface area contributed by atoms with E-state index in [1.54, 1.807) is 10.9 Å². The largest absolute Gasteiger partial charge is 0.507 e. The van der Waals surface area contributed by atoms with Crippen LogP contribution in [0.4, 0.5) is 0 Å². The van der Waals surface area contributed by atoms with Gasteiger partial charge >= 0.3 is 0 Å². The number of aliphatic hydroxyl groups excluding tert-OH is 1. The molecule has 0 spiro atoms. The van der Waals surface area contributed by atoms with Crippen molar-refractivity contribution >= 4 is 11.0 Å². The fourth-order valence-corrected chi connectivity index (χ4v) is 1.40. The summed E-state index contributed by atoms with van der Waals surface area (Å²) >= 11 is 0. The Balaban J connectivity index is 2.72. The van der Waals surface area contributed by atoms with Gasteiger partial charge in [-0.1, -0.05) is 0 Å². The predicted octanol–water partition coefficient (Wildman–Crippen LogP) is 0.649. The average molecular weight is 193 g/mol. The third kappa shape index (κ3) is 1.13. The molecule has 2 aromatic heterocycles. The van der Waals surface area contributed by atoms with Crippen molar-refractivity contribution in [3.63, 3.8) is 0 Å². The number of pyridine rings is 1. The van der Waals surface area contributed by atoms with E-state index in [0.717, 1.165) is 0 Å². The zero-order valence-corrected chi connectivity index (χ0v) is 7.80. The first-order valence-corrected chi connectivity index (χ1v) is 4.41. The molecule has 2 aromatic rings. The molecule has 5 heteroatoms. The number of aromatic hydroxyl groups is 1. The Bertz CT molecular complexity index is 464. The minimum atomic E-state index is -0.216. The predicted molar refractivity (Wildman–Crippen MR) is 50.8 cm³/mol. The molecule has 5 nitrogen and oxygen atoms in total. The van der Waals surface area contributed by atoms with Gasteiger partial charge < -0.3 is 10.2 Å². The molecule has 0 saturated heterocycles. The second-order valence-electron chi connectivity index (χ2n) is 2.99. The fourth-order valence-electron chi connectivity index (χ4n) is 1.40. The lowest BCUT2D eigenvalue weighted by Crippen LogP contribution is -1.97. The highest BCUT2D eigenvalue weighted by atomic mass is 16.3. The van der Waals surface area contributed by atoms with Crippen LogP contribution < -0.4 is 0 Å². The van der Waals surface area contributed by atoms with Crippen molar-refractivity contribution in [2.24, 2.45) is 0 Å². The van der Waals surface area contributed by atoms with Gasteiger partial charge in [0.2, 0.25) is 0 Å². The van der Waals surface area contributed by atoms with E-state index >= 15 is 0 Å². The summed E-state index contributed by atoms with van der Waals surface area (Å²) in [5, 5.41) is 23.3. The molecule has 2 heterocycles. The van der Waals surface area contributed by atoms with E-state index in [-0.39, 0.29) is 12.4 Å². The van der Waals surface area contributed by atoms with E-state index in [0.29, 0.717) is 23.1 Å². The Morgan fingerprint density at radius 1 is 1.43 bits per heavy atom. The second-order valence-corrected chi connectivity index (χ2v) is 2.99. The number of aliphatic hydroxyl groups is 1. The lowest BCUT2D eigenvalue weighted by atomic mass is 10.2. The van der Waals surface area contributed by atoms with Crippen molar-refractivity contribution in [1.29, 1.82) is 0 Å². The standard InChI is InChI=1S/C9H11N3O2/c1-2-12-9-7(4-11-12)8(14)6(5-13)3-10-9/h3-4,13H,2,5H2,1H3,(H,10,14). The number of fused-ring (bicyclic) bond motifs is 1. The number of hydrogen-bond acceptors (Lipinski definition) is 4. The molecular formula is C9H11N3O2. The van der Waals surface area contributed by atoms with Crippen LogP contribution in [-0.4, -0.2) is 25.0 Å². The quantitative estimate of drug-likeness (QED) is 0.734. The summed E-state index contributed by atoms with van der Waals surface area (Å²) in [5.74, 6) is 0.0669. The molecule has 0 aliphatic carbocycles. The van der Waals surface area contributed by atoms with Crippen LogP contribution in [0.25, 0.3) is 11.0 Å². The minimum absolute atomic E-state index is 0.0669. The monoisotopic (exact) mass is 193 g/mol. The van der Waals surface area contributed by atoms with Gasteiger partial charge in [-0.2, -0.15) is 5.10 Å². The van der Waals surface area contributed by atoms with Crippen LogP contribution in [0.3, 0.4) is 0 Å². The molecular weight excluding hydrogens is 182 g/mol. The van der Waals surface area contributed by atoms with E-state index in [1.807, 2.05) is 6.92 Å². The first-order valence-electron chi connectivity index (χ1n) is 4.41. The number of hydrogen-bond donors (Lipinski definition) is 2. The molecule has 0 radical (unpaired) electrons.